The predicted octanol–water partition coefficient (Wildman–Crippen LogP) is 12.2. The van der Waals surface area contributed by atoms with Crippen LogP contribution in [-0.4, -0.2) is 9.13 Å². The van der Waals surface area contributed by atoms with Gasteiger partial charge in [0.15, 0.2) is 22.1 Å². The van der Waals surface area contributed by atoms with E-state index in [1.54, 1.807) is 0 Å². The van der Waals surface area contributed by atoms with E-state index in [1.807, 2.05) is 0 Å². The van der Waals surface area contributed by atoms with Crippen molar-refractivity contribution in [2.45, 2.75) is 52.9 Å². The molecular formula is C28H32F12N4P2. The summed E-state index contributed by atoms with van der Waals surface area (Å²) in [5.74, 6) is 0. The Balaban J connectivity index is 0.000000345. The van der Waals surface area contributed by atoms with E-state index in [4.69, 9.17) is 0 Å². The first-order valence-corrected chi connectivity index (χ1v) is 17.7. The summed E-state index contributed by atoms with van der Waals surface area (Å²) in [5, 5.41) is 0. The van der Waals surface area contributed by atoms with E-state index in [9.17, 15) is 50.4 Å². The Kier molecular flexibility index (Phi) is 8.96. The second kappa shape index (κ2) is 11.1. The average Bonchev–Trinajstić information content (AvgIpc) is 3.41. The van der Waals surface area contributed by atoms with Crippen molar-refractivity contribution in [3.63, 3.8) is 0 Å². The van der Waals surface area contributed by atoms with Gasteiger partial charge >= 0.3 is 66.0 Å². The van der Waals surface area contributed by atoms with Gasteiger partial charge < -0.3 is 0 Å². The van der Waals surface area contributed by atoms with Gasteiger partial charge in [0.05, 0.1) is 12.1 Å². The molecule has 0 saturated heterocycles. The van der Waals surface area contributed by atoms with Crippen LogP contribution in [0.1, 0.15) is 50.9 Å². The molecule has 0 aliphatic rings. The second-order valence-electron chi connectivity index (χ2n) is 11.2. The number of para-hydroxylation sites is 4. The van der Waals surface area contributed by atoms with Crippen LogP contribution in [0, 0.1) is 0 Å². The van der Waals surface area contributed by atoms with Gasteiger partial charge in [-0.2, -0.15) is 0 Å². The zero-order valence-corrected chi connectivity index (χ0v) is 26.7. The van der Waals surface area contributed by atoms with Crippen molar-refractivity contribution in [1.82, 2.24) is 9.13 Å². The van der Waals surface area contributed by atoms with Gasteiger partial charge in [-0.15, -0.1) is 0 Å². The summed E-state index contributed by atoms with van der Waals surface area (Å²) in [5.41, 5.74) is 7.78. The number of hydrogen-bond donors (Lipinski definition) is 0. The first kappa shape index (κ1) is 37.1. The number of fused-ring (bicyclic) bond motifs is 2. The molecule has 46 heavy (non-hydrogen) atoms. The summed E-state index contributed by atoms with van der Waals surface area (Å²) in [6.45, 7) is 10.7. The summed E-state index contributed by atoms with van der Waals surface area (Å²) in [4.78, 5) is 0. The van der Waals surface area contributed by atoms with Crippen molar-refractivity contribution in [3.05, 3.63) is 96.6 Å². The first-order chi connectivity index (χ1) is 20.4. The second-order valence-corrected chi connectivity index (χ2v) is 15.0. The number of hydrogen-bond acceptors (Lipinski definition) is 0. The number of aromatic nitrogens is 4. The van der Waals surface area contributed by atoms with E-state index in [-0.39, 0.29) is 0 Å². The topological polar surface area (TPSA) is 17.6 Å². The van der Waals surface area contributed by atoms with Gasteiger partial charge in [-0.3, -0.25) is 0 Å². The molecule has 0 unspecified atom stereocenters. The van der Waals surface area contributed by atoms with Crippen LogP contribution in [-0.2, 0) is 13.1 Å². The fraction of sp³-hybridized carbons (Fsp3) is 0.286. The van der Waals surface area contributed by atoms with E-state index in [2.05, 4.69) is 131 Å². The summed E-state index contributed by atoms with van der Waals surface area (Å²) in [7, 11) is -21.3. The van der Waals surface area contributed by atoms with Gasteiger partial charge in [0, 0.05) is 0 Å². The SMILES string of the molecule is CC(C)n1c[n+](Cc2ccc(C[n+]3cn(C(C)C)c4ccccc43)cc2)c2ccccc21.F[P-](F)(F)(F)(F)F.F[P-](F)(F)(F)(F)F. The van der Waals surface area contributed by atoms with Gasteiger partial charge in [0.25, 0.3) is 0 Å². The maximum absolute atomic E-state index is 10.7. The standard InChI is InChI=1S/C28H32N4.2F6P/c1-21(2)31-19-29(25-9-5-7-11-27(25)31)17-23-13-15-24(16-14-23)18-30-20-32(22(3)4)28-12-8-6-10-26(28)30;2*1-7(2,3,4,5)6/h5-16,19-22H,17-18H2,1-4H3;;/q+2;2*-1. The number of rotatable bonds is 6. The van der Waals surface area contributed by atoms with Crippen molar-refractivity contribution in [2.75, 3.05) is 0 Å². The van der Waals surface area contributed by atoms with E-state index in [0.717, 1.165) is 13.1 Å². The molecule has 0 amide bonds. The quantitative estimate of drug-likeness (QED) is 0.0947. The molecule has 0 bridgehead atoms. The Morgan fingerprint density at radius 1 is 0.478 bits per heavy atom. The Hall–Kier alpha value is -3.38. The Bertz CT molecular complexity index is 1670. The van der Waals surface area contributed by atoms with E-state index in [0.29, 0.717) is 12.1 Å². The molecule has 258 valence electrons. The minimum absolute atomic E-state index is 0.438. The Labute approximate surface area is 256 Å². The molecule has 5 aromatic rings. The van der Waals surface area contributed by atoms with Crippen LogP contribution in [0.4, 0.5) is 50.4 Å². The molecule has 0 aliphatic heterocycles. The molecule has 2 heterocycles. The third-order valence-electron chi connectivity index (χ3n) is 6.31. The van der Waals surface area contributed by atoms with Gasteiger partial charge in [0.1, 0.15) is 13.1 Å². The Morgan fingerprint density at radius 3 is 1.00 bits per heavy atom. The number of benzene rings is 3. The van der Waals surface area contributed by atoms with Crippen LogP contribution >= 0.6 is 15.6 Å². The average molecular weight is 715 g/mol. The third-order valence-corrected chi connectivity index (χ3v) is 6.31. The zero-order chi connectivity index (χ0) is 35.1. The summed E-state index contributed by atoms with van der Waals surface area (Å²) < 4.78 is 128. The van der Waals surface area contributed by atoms with Crippen LogP contribution in [0.5, 0.6) is 0 Å². The Morgan fingerprint density at radius 2 is 0.739 bits per heavy atom. The summed E-state index contributed by atoms with van der Waals surface area (Å²) in [6.07, 6.45) is 4.50. The summed E-state index contributed by atoms with van der Waals surface area (Å²) in [6, 6.07) is 27.3. The fourth-order valence-electron chi connectivity index (χ4n) is 4.62. The van der Waals surface area contributed by atoms with E-state index >= 15 is 0 Å². The van der Waals surface area contributed by atoms with Crippen molar-refractivity contribution in [1.29, 1.82) is 0 Å². The molecule has 0 aliphatic carbocycles. The minimum atomic E-state index is -10.7. The number of halogens is 12. The molecule has 4 nitrogen and oxygen atoms in total. The maximum atomic E-state index is 9.87. The fourth-order valence-corrected chi connectivity index (χ4v) is 4.62. The number of nitrogens with zero attached hydrogens (tertiary/aromatic N) is 4. The van der Waals surface area contributed by atoms with E-state index < -0.39 is 15.6 Å². The molecule has 0 spiro atoms. The molecule has 0 saturated carbocycles. The number of imidazole rings is 2. The molecule has 0 radical (unpaired) electrons. The molecule has 0 fully saturated rings. The van der Waals surface area contributed by atoms with Crippen LogP contribution < -0.4 is 9.13 Å². The van der Waals surface area contributed by atoms with Crippen molar-refractivity contribution in [3.8, 4) is 0 Å². The van der Waals surface area contributed by atoms with Crippen LogP contribution in [0.2, 0.25) is 0 Å². The van der Waals surface area contributed by atoms with Gasteiger partial charge in [-0.25, -0.2) is 18.3 Å². The molecule has 5 rings (SSSR count). The van der Waals surface area contributed by atoms with Gasteiger partial charge in [-0.05, 0) is 63.1 Å². The third kappa shape index (κ3) is 13.5. The van der Waals surface area contributed by atoms with Crippen molar-refractivity contribution >= 4 is 37.7 Å². The zero-order valence-electron chi connectivity index (χ0n) is 24.9. The molecule has 0 N–H and O–H groups in total. The predicted molar refractivity (Wildman–Crippen MR) is 157 cm³/mol. The molecular weight excluding hydrogens is 682 g/mol. The molecule has 18 heteroatoms. The van der Waals surface area contributed by atoms with Gasteiger partial charge in [0.2, 0.25) is 12.7 Å². The van der Waals surface area contributed by atoms with Crippen LogP contribution in [0.3, 0.4) is 0 Å². The van der Waals surface area contributed by atoms with Crippen LogP contribution in [0.15, 0.2) is 85.5 Å². The normalized spacial score (nSPS) is 15.3. The molecule has 2 aromatic heterocycles. The van der Waals surface area contributed by atoms with Crippen LogP contribution in [0.25, 0.3) is 22.1 Å². The molecule has 3 aromatic carbocycles. The molecule has 0 atom stereocenters. The monoisotopic (exact) mass is 714 g/mol. The van der Waals surface area contributed by atoms with Crippen molar-refractivity contribution < 1.29 is 59.5 Å². The van der Waals surface area contributed by atoms with E-state index in [1.165, 1.54) is 33.2 Å². The van der Waals surface area contributed by atoms with Gasteiger partial charge in [-0.1, -0.05) is 48.5 Å². The van der Waals surface area contributed by atoms with Crippen molar-refractivity contribution in [2.24, 2.45) is 0 Å². The summed E-state index contributed by atoms with van der Waals surface area (Å²) >= 11 is 0. The first-order valence-electron chi connectivity index (χ1n) is 13.6.